The Kier molecular flexibility index (Phi) is 3.51. The molecule has 98 valence electrons. The second-order valence-electron chi connectivity index (χ2n) is 4.41. The molecule has 0 aliphatic rings. The van der Waals surface area contributed by atoms with Gasteiger partial charge in [-0.05, 0) is 61.4 Å². The number of phenols is 1. The van der Waals surface area contributed by atoms with Gasteiger partial charge in [-0.3, -0.25) is 4.79 Å². The van der Waals surface area contributed by atoms with Crippen LogP contribution in [0.2, 0.25) is 0 Å². The molecule has 3 nitrogen and oxygen atoms in total. The van der Waals surface area contributed by atoms with Crippen LogP contribution in [0.25, 0.3) is 0 Å². The zero-order valence-electron chi connectivity index (χ0n) is 10.7. The number of rotatable bonds is 2. The zero-order chi connectivity index (χ0) is 14.0. The van der Waals surface area contributed by atoms with Crippen molar-refractivity contribution in [3.05, 3.63) is 58.9 Å². The number of benzene rings is 2. The van der Waals surface area contributed by atoms with E-state index in [9.17, 15) is 14.3 Å². The molecule has 1 amide bonds. The second-order valence-corrected chi connectivity index (χ2v) is 4.41. The highest BCUT2D eigenvalue weighted by atomic mass is 19.1. The maximum absolute atomic E-state index is 13.0. The van der Waals surface area contributed by atoms with E-state index in [1.807, 2.05) is 0 Å². The van der Waals surface area contributed by atoms with Crippen LogP contribution in [0.1, 0.15) is 21.5 Å². The van der Waals surface area contributed by atoms with Gasteiger partial charge in [0.25, 0.3) is 5.91 Å². The summed E-state index contributed by atoms with van der Waals surface area (Å²) in [5, 5.41) is 12.1. The quantitative estimate of drug-likeness (QED) is 0.868. The van der Waals surface area contributed by atoms with Gasteiger partial charge in [-0.2, -0.15) is 0 Å². The lowest BCUT2D eigenvalue weighted by atomic mass is 10.1. The minimum absolute atomic E-state index is 0.148. The third-order valence-electron chi connectivity index (χ3n) is 2.90. The third-order valence-corrected chi connectivity index (χ3v) is 2.90. The molecule has 0 unspecified atom stereocenters. The van der Waals surface area contributed by atoms with Crippen LogP contribution >= 0.6 is 0 Å². The van der Waals surface area contributed by atoms with E-state index in [-0.39, 0.29) is 17.5 Å². The lowest BCUT2D eigenvalue weighted by molar-refractivity contribution is 0.102. The van der Waals surface area contributed by atoms with Crippen LogP contribution in [0.15, 0.2) is 36.4 Å². The third kappa shape index (κ3) is 2.91. The Morgan fingerprint density at radius 2 is 1.84 bits per heavy atom. The highest BCUT2D eigenvalue weighted by Crippen LogP contribution is 2.20. The van der Waals surface area contributed by atoms with Gasteiger partial charge in [-0.1, -0.05) is 0 Å². The Hall–Kier alpha value is -2.36. The number of phenolic OH excluding ortho intramolecular Hbond substituents is 1. The van der Waals surface area contributed by atoms with Crippen molar-refractivity contribution < 1.29 is 14.3 Å². The molecule has 0 heterocycles. The standard InChI is InChI=1S/C15H14FNO2/c1-9-8-12(16)4-5-13(9)17-15(19)11-3-6-14(18)10(2)7-11/h3-8,18H,1-2H3,(H,17,19). The Balaban J connectivity index is 2.23. The summed E-state index contributed by atoms with van der Waals surface area (Å²) in [5.41, 5.74) is 2.29. The number of aryl methyl sites for hydroxylation is 2. The van der Waals surface area contributed by atoms with Gasteiger partial charge in [-0.15, -0.1) is 0 Å². The van der Waals surface area contributed by atoms with Gasteiger partial charge in [0.2, 0.25) is 0 Å². The molecule has 0 saturated heterocycles. The molecule has 0 radical (unpaired) electrons. The van der Waals surface area contributed by atoms with Gasteiger partial charge >= 0.3 is 0 Å². The summed E-state index contributed by atoms with van der Waals surface area (Å²) in [6, 6.07) is 8.79. The molecule has 19 heavy (non-hydrogen) atoms. The predicted octanol–water partition coefficient (Wildman–Crippen LogP) is 3.40. The number of carbonyl (C=O) groups excluding carboxylic acids is 1. The summed E-state index contributed by atoms with van der Waals surface area (Å²) in [5.74, 6) is -0.483. The average molecular weight is 259 g/mol. The maximum atomic E-state index is 13.0. The fraction of sp³-hybridized carbons (Fsp3) is 0.133. The number of hydrogen-bond donors (Lipinski definition) is 2. The van der Waals surface area contributed by atoms with Crippen LogP contribution < -0.4 is 5.32 Å². The molecule has 2 aromatic rings. The minimum atomic E-state index is -0.337. The van der Waals surface area contributed by atoms with E-state index >= 15 is 0 Å². The monoisotopic (exact) mass is 259 g/mol. The highest BCUT2D eigenvalue weighted by molar-refractivity contribution is 6.04. The molecule has 0 atom stereocenters. The molecule has 2 rings (SSSR count). The molecule has 0 aliphatic heterocycles. The number of anilines is 1. The Bertz CT molecular complexity index is 638. The average Bonchev–Trinajstić information content (AvgIpc) is 2.36. The molecule has 2 N–H and O–H groups in total. The molecule has 4 heteroatoms. The number of halogens is 1. The first-order valence-corrected chi connectivity index (χ1v) is 5.84. The Morgan fingerprint density at radius 3 is 2.47 bits per heavy atom. The first-order valence-electron chi connectivity index (χ1n) is 5.84. The second kappa shape index (κ2) is 5.10. The van der Waals surface area contributed by atoms with Gasteiger partial charge < -0.3 is 10.4 Å². The molecular weight excluding hydrogens is 245 g/mol. The van der Waals surface area contributed by atoms with Crippen LogP contribution in [0.3, 0.4) is 0 Å². The summed E-state index contributed by atoms with van der Waals surface area (Å²) in [7, 11) is 0. The minimum Gasteiger partial charge on any atom is -0.508 e. The van der Waals surface area contributed by atoms with Crippen LogP contribution in [0.5, 0.6) is 5.75 Å². The van der Waals surface area contributed by atoms with Gasteiger partial charge in [0.1, 0.15) is 11.6 Å². The highest BCUT2D eigenvalue weighted by Gasteiger charge is 2.09. The SMILES string of the molecule is Cc1cc(C(=O)Nc2ccc(F)cc2C)ccc1O. The van der Waals surface area contributed by atoms with Crippen LogP contribution in [-0.2, 0) is 0 Å². The van der Waals surface area contributed by atoms with Crippen molar-refractivity contribution in [1.82, 2.24) is 0 Å². The molecular formula is C15H14FNO2. The number of nitrogens with one attached hydrogen (secondary N) is 1. The van der Waals surface area contributed by atoms with Gasteiger partial charge in [0.05, 0.1) is 0 Å². The van der Waals surface area contributed by atoms with Crippen molar-refractivity contribution >= 4 is 11.6 Å². The smallest absolute Gasteiger partial charge is 0.255 e. The van der Waals surface area contributed by atoms with Crippen molar-refractivity contribution in [3.8, 4) is 5.75 Å². The lowest BCUT2D eigenvalue weighted by Gasteiger charge is -2.09. The largest absolute Gasteiger partial charge is 0.508 e. The van der Waals surface area contributed by atoms with E-state index in [0.29, 0.717) is 22.4 Å². The fourth-order valence-electron chi connectivity index (χ4n) is 1.76. The van der Waals surface area contributed by atoms with Crippen molar-refractivity contribution in [2.75, 3.05) is 5.32 Å². The Morgan fingerprint density at radius 1 is 1.11 bits per heavy atom. The van der Waals surface area contributed by atoms with Crippen LogP contribution in [-0.4, -0.2) is 11.0 Å². The summed E-state index contributed by atoms with van der Waals surface area (Å²) in [6.07, 6.45) is 0. The van der Waals surface area contributed by atoms with Gasteiger partial charge in [-0.25, -0.2) is 4.39 Å². The zero-order valence-corrected chi connectivity index (χ0v) is 10.7. The topological polar surface area (TPSA) is 49.3 Å². The number of aromatic hydroxyl groups is 1. The van der Waals surface area contributed by atoms with Crippen molar-refractivity contribution in [2.24, 2.45) is 0 Å². The molecule has 0 fully saturated rings. The van der Waals surface area contributed by atoms with Crippen molar-refractivity contribution in [3.63, 3.8) is 0 Å². The lowest BCUT2D eigenvalue weighted by Crippen LogP contribution is -2.12. The van der Waals surface area contributed by atoms with E-state index in [0.717, 1.165) is 0 Å². The van der Waals surface area contributed by atoms with Crippen molar-refractivity contribution in [2.45, 2.75) is 13.8 Å². The summed E-state index contributed by atoms with van der Waals surface area (Å²) < 4.78 is 13.0. The summed E-state index contributed by atoms with van der Waals surface area (Å²) in [4.78, 5) is 12.0. The van der Waals surface area contributed by atoms with Crippen LogP contribution in [0, 0.1) is 19.7 Å². The molecule has 0 aliphatic carbocycles. The molecule has 0 aromatic heterocycles. The summed E-state index contributed by atoms with van der Waals surface area (Å²) in [6.45, 7) is 3.44. The number of amides is 1. The number of hydrogen-bond acceptors (Lipinski definition) is 2. The fourth-order valence-corrected chi connectivity index (χ4v) is 1.76. The van der Waals surface area contributed by atoms with E-state index in [1.54, 1.807) is 19.9 Å². The molecule has 2 aromatic carbocycles. The molecule has 0 saturated carbocycles. The van der Waals surface area contributed by atoms with E-state index < -0.39 is 0 Å². The van der Waals surface area contributed by atoms with Crippen LogP contribution in [0.4, 0.5) is 10.1 Å². The maximum Gasteiger partial charge on any atom is 0.255 e. The normalized spacial score (nSPS) is 10.3. The number of carbonyl (C=O) groups is 1. The van der Waals surface area contributed by atoms with Gasteiger partial charge in [0.15, 0.2) is 0 Å². The molecule has 0 spiro atoms. The predicted molar refractivity (Wildman–Crippen MR) is 71.9 cm³/mol. The van der Waals surface area contributed by atoms with E-state index in [4.69, 9.17) is 0 Å². The Labute approximate surface area is 110 Å². The first-order chi connectivity index (χ1) is 8.97. The first kappa shape index (κ1) is 13.1. The van der Waals surface area contributed by atoms with Gasteiger partial charge in [0, 0.05) is 11.3 Å². The van der Waals surface area contributed by atoms with E-state index in [2.05, 4.69) is 5.32 Å². The van der Waals surface area contributed by atoms with Crippen molar-refractivity contribution in [1.29, 1.82) is 0 Å². The summed E-state index contributed by atoms with van der Waals surface area (Å²) >= 11 is 0. The molecule has 0 bridgehead atoms. The van der Waals surface area contributed by atoms with E-state index in [1.165, 1.54) is 30.3 Å².